The van der Waals surface area contributed by atoms with E-state index < -0.39 is 0 Å². The second-order valence-corrected chi connectivity index (χ2v) is 3.38. The molecule has 0 spiro atoms. The molecule has 0 radical (unpaired) electrons. The quantitative estimate of drug-likeness (QED) is 0.663. The Bertz CT molecular complexity index is 320. The first-order valence-electron chi connectivity index (χ1n) is 4.73. The van der Waals surface area contributed by atoms with Crippen LogP contribution < -0.4 is 5.32 Å². The minimum absolute atomic E-state index is 0.840. The number of benzene rings is 1. The van der Waals surface area contributed by atoms with E-state index in [4.69, 9.17) is 0 Å². The average Bonchev–Trinajstić information content (AvgIpc) is 2.41. The third-order valence-corrected chi connectivity index (χ3v) is 2.51. The summed E-state index contributed by atoms with van der Waals surface area (Å²) < 4.78 is 0. The van der Waals surface area contributed by atoms with E-state index in [1.54, 1.807) is 0 Å². The molecular weight excluding hydrogens is 162 g/mol. The van der Waals surface area contributed by atoms with Crippen molar-refractivity contribution in [3.63, 3.8) is 0 Å². The summed E-state index contributed by atoms with van der Waals surface area (Å²) in [5, 5.41) is 3.34. The maximum atomic E-state index is 10.8. The monoisotopic (exact) mass is 175 g/mol. The van der Waals surface area contributed by atoms with E-state index in [0.29, 0.717) is 0 Å². The Hall–Kier alpha value is -1.31. The van der Waals surface area contributed by atoms with Crippen LogP contribution in [0.1, 0.15) is 28.8 Å². The van der Waals surface area contributed by atoms with E-state index in [0.717, 1.165) is 30.5 Å². The third kappa shape index (κ3) is 1.57. The Balaban J connectivity index is 2.45. The van der Waals surface area contributed by atoms with Gasteiger partial charge in [-0.25, -0.2) is 0 Å². The summed E-state index contributed by atoms with van der Waals surface area (Å²) in [7, 11) is 0. The molecule has 1 N–H and O–H groups in total. The molecular formula is C11H13NO. The van der Waals surface area contributed by atoms with Gasteiger partial charge in [-0.05, 0) is 30.9 Å². The molecule has 0 saturated heterocycles. The van der Waals surface area contributed by atoms with Gasteiger partial charge in [0.25, 0.3) is 0 Å². The van der Waals surface area contributed by atoms with E-state index in [9.17, 15) is 4.79 Å². The maximum Gasteiger partial charge on any atom is 0.150 e. The van der Waals surface area contributed by atoms with Crippen LogP contribution in [0.3, 0.4) is 0 Å². The zero-order chi connectivity index (χ0) is 9.10. The van der Waals surface area contributed by atoms with Crippen molar-refractivity contribution in [2.24, 2.45) is 0 Å². The zero-order valence-electron chi connectivity index (χ0n) is 7.55. The molecule has 0 amide bonds. The number of fused-ring (bicyclic) bond motifs is 1. The van der Waals surface area contributed by atoms with Crippen molar-refractivity contribution in [1.29, 1.82) is 0 Å². The van der Waals surface area contributed by atoms with Crippen LogP contribution in [0.25, 0.3) is 0 Å². The van der Waals surface area contributed by atoms with Crippen LogP contribution in [0.15, 0.2) is 18.2 Å². The first-order chi connectivity index (χ1) is 6.42. The molecule has 0 saturated carbocycles. The molecule has 0 unspecified atom stereocenters. The Kier molecular flexibility index (Phi) is 2.30. The van der Waals surface area contributed by atoms with Gasteiger partial charge in [0.2, 0.25) is 0 Å². The standard InChI is InChI=1S/C11H13NO/c13-8-9-4-3-6-11-10(9)5-1-2-7-12-11/h3-4,6,8,12H,1-2,5,7H2. The normalized spacial score (nSPS) is 15.4. The van der Waals surface area contributed by atoms with Gasteiger partial charge in [-0.1, -0.05) is 12.1 Å². The third-order valence-electron chi connectivity index (χ3n) is 2.51. The molecule has 0 aromatic heterocycles. The summed E-state index contributed by atoms with van der Waals surface area (Å²) in [6, 6.07) is 5.87. The maximum absolute atomic E-state index is 10.8. The van der Waals surface area contributed by atoms with Crippen LogP contribution >= 0.6 is 0 Å². The van der Waals surface area contributed by atoms with Gasteiger partial charge >= 0.3 is 0 Å². The highest BCUT2D eigenvalue weighted by molar-refractivity contribution is 5.80. The smallest absolute Gasteiger partial charge is 0.150 e. The van der Waals surface area contributed by atoms with E-state index in [2.05, 4.69) is 5.32 Å². The molecule has 1 heterocycles. The Morgan fingerprint density at radius 2 is 2.23 bits per heavy atom. The zero-order valence-corrected chi connectivity index (χ0v) is 7.55. The van der Waals surface area contributed by atoms with Gasteiger partial charge < -0.3 is 5.32 Å². The topological polar surface area (TPSA) is 29.1 Å². The van der Waals surface area contributed by atoms with Crippen LogP contribution in [-0.4, -0.2) is 12.8 Å². The molecule has 2 rings (SSSR count). The van der Waals surface area contributed by atoms with Crippen LogP contribution in [0.2, 0.25) is 0 Å². The van der Waals surface area contributed by atoms with E-state index in [-0.39, 0.29) is 0 Å². The van der Waals surface area contributed by atoms with Crippen molar-refractivity contribution >= 4 is 12.0 Å². The molecule has 1 aliphatic heterocycles. The van der Waals surface area contributed by atoms with Crippen molar-refractivity contribution in [2.45, 2.75) is 19.3 Å². The summed E-state index contributed by atoms with van der Waals surface area (Å²) in [6.45, 7) is 1.02. The molecule has 0 bridgehead atoms. The first-order valence-corrected chi connectivity index (χ1v) is 4.73. The molecule has 0 fully saturated rings. The molecule has 1 aromatic rings. The highest BCUT2D eigenvalue weighted by Gasteiger charge is 2.09. The summed E-state index contributed by atoms with van der Waals surface area (Å²) in [5.74, 6) is 0. The van der Waals surface area contributed by atoms with E-state index in [1.807, 2.05) is 18.2 Å². The Morgan fingerprint density at radius 3 is 3.08 bits per heavy atom. The summed E-state index contributed by atoms with van der Waals surface area (Å²) in [6.07, 6.45) is 4.33. The average molecular weight is 175 g/mol. The molecule has 0 aliphatic carbocycles. The lowest BCUT2D eigenvalue weighted by molar-refractivity contribution is 0.112. The summed E-state index contributed by atoms with van der Waals surface area (Å²) in [5.41, 5.74) is 3.17. The van der Waals surface area contributed by atoms with Crippen LogP contribution in [0, 0.1) is 0 Å². The number of nitrogens with one attached hydrogen (secondary N) is 1. The predicted octanol–water partition coefficient (Wildman–Crippen LogP) is 2.25. The SMILES string of the molecule is O=Cc1cccc2c1CCCCN2. The number of rotatable bonds is 1. The summed E-state index contributed by atoms with van der Waals surface area (Å²) >= 11 is 0. The fourth-order valence-corrected chi connectivity index (χ4v) is 1.81. The van der Waals surface area contributed by atoms with Crippen LogP contribution in [0.5, 0.6) is 0 Å². The minimum atomic E-state index is 0.840. The second-order valence-electron chi connectivity index (χ2n) is 3.38. The lowest BCUT2D eigenvalue weighted by Crippen LogP contribution is -2.00. The number of carbonyl (C=O) groups excluding carboxylic acids is 1. The van der Waals surface area contributed by atoms with Crippen LogP contribution in [-0.2, 0) is 6.42 Å². The lowest BCUT2D eigenvalue weighted by atomic mass is 10.0. The molecule has 0 atom stereocenters. The molecule has 1 aliphatic rings. The van der Waals surface area contributed by atoms with Gasteiger partial charge in [0.1, 0.15) is 6.29 Å². The summed E-state index contributed by atoms with van der Waals surface area (Å²) in [4.78, 5) is 10.8. The van der Waals surface area contributed by atoms with Gasteiger partial charge in [-0.15, -0.1) is 0 Å². The molecule has 2 heteroatoms. The second kappa shape index (κ2) is 3.60. The Morgan fingerprint density at radius 1 is 1.31 bits per heavy atom. The van der Waals surface area contributed by atoms with E-state index in [1.165, 1.54) is 18.4 Å². The van der Waals surface area contributed by atoms with Gasteiger partial charge in [0.15, 0.2) is 0 Å². The molecule has 1 aromatic carbocycles. The lowest BCUT2D eigenvalue weighted by Gasteiger charge is -2.08. The number of aldehydes is 1. The first kappa shape index (κ1) is 8.30. The van der Waals surface area contributed by atoms with Crippen molar-refractivity contribution in [3.8, 4) is 0 Å². The van der Waals surface area contributed by atoms with Crippen molar-refractivity contribution in [1.82, 2.24) is 0 Å². The highest BCUT2D eigenvalue weighted by atomic mass is 16.1. The van der Waals surface area contributed by atoms with Gasteiger partial charge in [0, 0.05) is 17.8 Å². The molecule has 68 valence electrons. The van der Waals surface area contributed by atoms with Gasteiger partial charge in [-0.3, -0.25) is 4.79 Å². The predicted molar refractivity (Wildman–Crippen MR) is 53.3 cm³/mol. The van der Waals surface area contributed by atoms with Crippen molar-refractivity contribution in [2.75, 3.05) is 11.9 Å². The van der Waals surface area contributed by atoms with Gasteiger partial charge in [-0.2, -0.15) is 0 Å². The Labute approximate surface area is 78.0 Å². The largest absolute Gasteiger partial charge is 0.385 e. The van der Waals surface area contributed by atoms with Crippen molar-refractivity contribution < 1.29 is 4.79 Å². The molecule has 2 nitrogen and oxygen atoms in total. The van der Waals surface area contributed by atoms with E-state index >= 15 is 0 Å². The van der Waals surface area contributed by atoms with Crippen molar-refractivity contribution in [3.05, 3.63) is 29.3 Å². The van der Waals surface area contributed by atoms with Gasteiger partial charge in [0.05, 0.1) is 0 Å². The number of carbonyl (C=O) groups is 1. The molecule has 13 heavy (non-hydrogen) atoms. The number of anilines is 1. The highest BCUT2D eigenvalue weighted by Crippen LogP contribution is 2.23. The number of hydrogen-bond acceptors (Lipinski definition) is 2. The fourth-order valence-electron chi connectivity index (χ4n) is 1.81. The minimum Gasteiger partial charge on any atom is -0.385 e. The number of hydrogen-bond donors (Lipinski definition) is 1. The van der Waals surface area contributed by atoms with Crippen LogP contribution in [0.4, 0.5) is 5.69 Å². The fraction of sp³-hybridized carbons (Fsp3) is 0.364.